The second-order valence-electron chi connectivity index (χ2n) is 8.03. The van der Waals surface area contributed by atoms with Crippen molar-refractivity contribution in [1.82, 2.24) is 19.9 Å². The van der Waals surface area contributed by atoms with E-state index in [1.165, 1.54) is 50.0 Å². The third-order valence-corrected chi connectivity index (χ3v) is 5.82. The Morgan fingerprint density at radius 2 is 1.91 bits per heavy atom. The van der Waals surface area contributed by atoms with E-state index in [4.69, 9.17) is 9.47 Å². The van der Waals surface area contributed by atoms with Crippen LogP contribution in [0.1, 0.15) is 46.0 Å². The lowest BCUT2D eigenvalue weighted by Gasteiger charge is -2.38. The Morgan fingerprint density at radius 1 is 1.14 bits per heavy atom. The van der Waals surface area contributed by atoms with Gasteiger partial charge in [-0.25, -0.2) is 24.1 Å². The van der Waals surface area contributed by atoms with Crippen LogP contribution < -0.4 is 4.74 Å². The van der Waals surface area contributed by atoms with Crippen molar-refractivity contribution in [3.05, 3.63) is 71.4 Å². The molecule has 2 aromatic heterocycles. The summed E-state index contributed by atoms with van der Waals surface area (Å²) in [4.78, 5) is 40.0. The molecule has 1 aliphatic heterocycles. The zero-order valence-corrected chi connectivity index (χ0v) is 19.1. The van der Waals surface area contributed by atoms with Gasteiger partial charge in [0.1, 0.15) is 23.6 Å². The Morgan fingerprint density at radius 3 is 2.63 bits per heavy atom. The molecule has 4 rings (SSSR count). The molecule has 1 saturated heterocycles. The van der Waals surface area contributed by atoms with E-state index < -0.39 is 17.9 Å². The van der Waals surface area contributed by atoms with Crippen molar-refractivity contribution in [3.63, 3.8) is 0 Å². The number of amides is 1. The number of esters is 1. The van der Waals surface area contributed by atoms with Crippen LogP contribution in [0.3, 0.4) is 0 Å². The van der Waals surface area contributed by atoms with Gasteiger partial charge in [-0.2, -0.15) is 5.26 Å². The number of nitrogens with zero attached hydrogens (tertiary/aromatic N) is 5. The molecule has 178 valence electrons. The van der Waals surface area contributed by atoms with Gasteiger partial charge in [-0.1, -0.05) is 0 Å². The minimum Gasteiger partial charge on any atom is -0.472 e. The summed E-state index contributed by atoms with van der Waals surface area (Å²) in [7, 11) is 1.21. The number of hydrogen-bond acceptors (Lipinski definition) is 8. The maximum Gasteiger partial charge on any atom is 0.344 e. The summed E-state index contributed by atoms with van der Waals surface area (Å²) >= 11 is 0. The normalized spacial score (nSPS) is 17.4. The minimum absolute atomic E-state index is 0.0250. The fourth-order valence-electron chi connectivity index (χ4n) is 4.02. The van der Waals surface area contributed by atoms with Crippen LogP contribution in [0.15, 0.2) is 48.9 Å². The van der Waals surface area contributed by atoms with Gasteiger partial charge < -0.3 is 14.4 Å². The number of nitriles is 1. The lowest BCUT2D eigenvalue weighted by molar-refractivity contribution is 0.0359. The average molecular weight is 475 g/mol. The van der Waals surface area contributed by atoms with E-state index in [2.05, 4.69) is 15.0 Å². The van der Waals surface area contributed by atoms with E-state index in [0.717, 1.165) is 0 Å². The first-order valence-electron chi connectivity index (χ1n) is 10.9. The van der Waals surface area contributed by atoms with E-state index in [1.54, 1.807) is 11.0 Å². The molecular weight excluding hydrogens is 453 g/mol. The lowest BCUT2D eigenvalue weighted by Crippen LogP contribution is -2.49. The molecule has 0 bridgehead atoms. The number of benzene rings is 1. The van der Waals surface area contributed by atoms with E-state index in [0.29, 0.717) is 18.4 Å². The number of rotatable bonds is 5. The molecule has 10 heteroatoms. The number of methoxy groups -OCH3 is 1. The number of halogens is 1. The number of hydrogen-bond donors (Lipinski definition) is 0. The summed E-state index contributed by atoms with van der Waals surface area (Å²) < 4.78 is 24.8. The van der Waals surface area contributed by atoms with Crippen LogP contribution in [0.25, 0.3) is 11.4 Å². The van der Waals surface area contributed by atoms with Crippen molar-refractivity contribution >= 4 is 11.9 Å². The van der Waals surface area contributed by atoms with E-state index in [-0.39, 0.29) is 46.9 Å². The third-order valence-electron chi connectivity index (χ3n) is 5.82. The van der Waals surface area contributed by atoms with Gasteiger partial charge in [0, 0.05) is 30.2 Å². The first kappa shape index (κ1) is 23.8. The van der Waals surface area contributed by atoms with Gasteiger partial charge >= 0.3 is 5.97 Å². The number of carbonyl (C=O) groups excluding carboxylic acids is 2. The molecule has 3 heterocycles. The fourth-order valence-corrected chi connectivity index (χ4v) is 4.02. The number of aromatic nitrogens is 3. The van der Waals surface area contributed by atoms with Gasteiger partial charge in [0.15, 0.2) is 5.82 Å². The average Bonchev–Trinajstić information content (AvgIpc) is 2.89. The summed E-state index contributed by atoms with van der Waals surface area (Å²) in [6.07, 6.45) is 5.16. The Labute approximate surface area is 201 Å². The smallest absolute Gasteiger partial charge is 0.344 e. The van der Waals surface area contributed by atoms with Gasteiger partial charge in [-0.05, 0) is 50.1 Å². The Balaban J connectivity index is 1.62. The van der Waals surface area contributed by atoms with Crippen LogP contribution in [0.4, 0.5) is 4.39 Å². The van der Waals surface area contributed by atoms with Crippen LogP contribution in [0.5, 0.6) is 5.88 Å². The maximum absolute atomic E-state index is 14.0. The van der Waals surface area contributed by atoms with Crippen molar-refractivity contribution < 1.29 is 23.5 Å². The number of pyridine rings is 1. The summed E-state index contributed by atoms with van der Waals surface area (Å²) in [6.45, 7) is 2.12. The van der Waals surface area contributed by atoms with Gasteiger partial charge in [-0.3, -0.25) is 4.79 Å². The highest BCUT2D eigenvalue weighted by molar-refractivity contribution is 6.00. The summed E-state index contributed by atoms with van der Waals surface area (Å²) in [5.74, 6) is -1.34. The molecule has 9 nitrogen and oxygen atoms in total. The molecule has 0 unspecified atom stereocenters. The molecule has 0 spiro atoms. The van der Waals surface area contributed by atoms with Gasteiger partial charge in [0.25, 0.3) is 5.91 Å². The van der Waals surface area contributed by atoms with Crippen LogP contribution in [0, 0.1) is 17.1 Å². The monoisotopic (exact) mass is 475 g/mol. The zero-order valence-electron chi connectivity index (χ0n) is 19.1. The van der Waals surface area contributed by atoms with Crippen LogP contribution in [-0.4, -0.2) is 57.5 Å². The number of likely N-dealkylation sites (tertiary alicyclic amines) is 1. The largest absolute Gasteiger partial charge is 0.472 e. The molecular formula is C25H22FN5O4. The quantitative estimate of drug-likeness (QED) is 0.515. The van der Waals surface area contributed by atoms with E-state index in [1.807, 2.05) is 13.0 Å². The minimum atomic E-state index is -0.736. The predicted octanol–water partition coefficient (Wildman–Crippen LogP) is 3.41. The molecule has 1 amide bonds. The number of carbonyl (C=O) groups is 2. The first-order chi connectivity index (χ1) is 16.9. The SMILES string of the molecule is COC(=O)c1c(C#N)ccnc1O[C@@H]1CC[C@@H](C)N(C(=O)c2ccc(F)cc2-c2ncccn2)C1. The van der Waals surface area contributed by atoms with Crippen LogP contribution in [-0.2, 0) is 4.74 Å². The van der Waals surface area contributed by atoms with Gasteiger partial charge in [0.2, 0.25) is 5.88 Å². The zero-order chi connectivity index (χ0) is 24.9. The van der Waals surface area contributed by atoms with Crippen molar-refractivity contribution in [1.29, 1.82) is 5.26 Å². The van der Waals surface area contributed by atoms with Crippen LogP contribution in [0.2, 0.25) is 0 Å². The number of ether oxygens (including phenoxy) is 2. The molecule has 0 radical (unpaired) electrons. The molecule has 0 saturated carbocycles. The second-order valence-corrected chi connectivity index (χ2v) is 8.03. The Kier molecular flexibility index (Phi) is 6.96. The Hall–Kier alpha value is -4.39. The van der Waals surface area contributed by atoms with Crippen molar-refractivity contribution in [2.24, 2.45) is 0 Å². The Bertz CT molecular complexity index is 1290. The topological polar surface area (TPSA) is 118 Å². The summed E-state index contributed by atoms with van der Waals surface area (Å²) in [6, 6.07) is 8.76. The molecule has 1 fully saturated rings. The molecule has 1 aliphatic rings. The van der Waals surface area contributed by atoms with Crippen molar-refractivity contribution in [2.45, 2.75) is 31.9 Å². The molecule has 0 N–H and O–H groups in total. The maximum atomic E-state index is 14.0. The summed E-state index contributed by atoms with van der Waals surface area (Å²) in [5, 5.41) is 9.38. The summed E-state index contributed by atoms with van der Waals surface area (Å²) in [5.41, 5.74) is 0.584. The molecule has 3 aromatic rings. The molecule has 1 aromatic carbocycles. The first-order valence-corrected chi connectivity index (χ1v) is 10.9. The predicted molar refractivity (Wildman–Crippen MR) is 122 cm³/mol. The van der Waals surface area contributed by atoms with Crippen LogP contribution >= 0.6 is 0 Å². The highest BCUT2D eigenvalue weighted by Gasteiger charge is 2.33. The molecule has 35 heavy (non-hydrogen) atoms. The van der Waals surface area contributed by atoms with Gasteiger partial charge in [0.05, 0.1) is 24.8 Å². The van der Waals surface area contributed by atoms with Gasteiger partial charge in [-0.15, -0.1) is 0 Å². The third kappa shape index (κ3) is 4.94. The van der Waals surface area contributed by atoms with E-state index >= 15 is 0 Å². The second kappa shape index (κ2) is 10.3. The van der Waals surface area contributed by atoms with Crippen molar-refractivity contribution in [3.8, 4) is 23.3 Å². The molecule has 2 atom stereocenters. The van der Waals surface area contributed by atoms with E-state index in [9.17, 15) is 19.2 Å². The lowest BCUT2D eigenvalue weighted by atomic mass is 9.98. The number of piperidine rings is 1. The molecule has 0 aliphatic carbocycles. The highest BCUT2D eigenvalue weighted by Crippen LogP contribution is 2.29. The standard InChI is InChI=1S/C25H22FN5O4/c1-15-4-6-18(35-23-21(25(33)34-2)16(13-27)8-11-30-23)14-31(15)24(32)19-7-5-17(26)12-20(19)22-28-9-3-10-29-22/h3,5,7-12,15,18H,4,6,14H2,1-2H3/t15-,18-/m1/s1. The van der Waals surface area contributed by atoms with Crippen molar-refractivity contribution in [2.75, 3.05) is 13.7 Å². The fraction of sp³-hybridized carbons (Fsp3) is 0.280. The highest BCUT2D eigenvalue weighted by atomic mass is 19.1.